The summed E-state index contributed by atoms with van der Waals surface area (Å²) in [7, 11) is -2.39. The van der Waals surface area contributed by atoms with Crippen molar-refractivity contribution in [2.24, 2.45) is 11.8 Å². The number of hydrogen-bond acceptors (Lipinski definition) is 8. The second kappa shape index (κ2) is 13.2. The van der Waals surface area contributed by atoms with Crippen molar-refractivity contribution in [1.82, 2.24) is 4.31 Å². The number of rotatable bonds is 13. The van der Waals surface area contributed by atoms with Crippen LogP contribution in [-0.2, 0) is 35.4 Å². The molecule has 0 spiro atoms. The average molecular weight is 562 g/mol. The van der Waals surface area contributed by atoms with Gasteiger partial charge in [-0.25, -0.2) is 8.42 Å². The summed E-state index contributed by atoms with van der Waals surface area (Å²) in [5.74, 6) is -0.397. The predicted molar refractivity (Wildman–Crippen MR) is 145 cm³/mol. The van der Waals surface area contributed by atoms with Gasteiger partial charge in [-0.3, -0.25) is 4.79 Å². The fourth-order valence-corrected chi connectivity index (χ4v) is 6.84. The summed E-state index contributed by atoms with van der Waals surface area (Å²) in [5, 5.41) is 11.4. The SMILES string of the molecule is COc1ccc(S(=O)(=O)N(CC(C)C)C[C@@H](O)[C@@H](CC(=O)OC2CC3OCO[C@@H]3C2)Cc2ccccc2)cc1. The highest BCUT2D eigenvalue weighted by Gasteiger charge is 2.42. The molecule has 2 aromatic carbocycles. The van der Waals surface area contributed by atoms with Gasteiger partial charge in [0, 0.05) is 31.8 Å². The fourth-order valence-electron chi connectivity index (χ4n) is 5.22. The molecule has 0 aromatic heterocycles. The summed E-state index contributed by atoms with van der Waals surface area (Å²) in [6.07, 6.45) is 0.0330. The monoisotopic (exact) mass is 561 g/mol. The molecule has 1 heterocycles. The third-order valence-electron chi connectivity index (χ3n) is 7.24. The summed E-state index contributed by atoms with van der Waals surface area (Å²) in [4.78, 5) is 13.1. The topological polar surface area (TPSA) is 112 Å². The van der Waals surface area contributed by atoms with Crippen LogP contribution < -0.4 is 4.74 Å². The minimum absolute atomic E-state index is 0.0222. The molecule has 2 aromatic rings. The molecule has 10 heteroatoms. The first-order valence-electron chi connectivity index (χ1n) is 13.4. The van der Waals surface area contributed by atoms with E-state index in [1.807, 2.05) is 44.2 Å². The molecule has 0 amide bonds. The van der Waals surface area contributed by atoms with Crippen molar-refractivity contribution >= 4 is 16.0 Å². The van der Waals surface area contributed by atoms with Gasteiger partial charge < -0.3 is 24.1 Å². The molecule has 2 unspecified atom stereocenters. The maximum absolute atomic E-state index is 13.6. The highest BCUT2D eigenvalue weighted by Crippen LogP contribution is 2.32. The lowest BCUT2D eigenvalue weighted by atomic mass is 9.90. The largest absolute Gasteiger partial charge is 0.497 e. The second-order valence-electron chi connectivity index (χ2n) is 10.7. The number of aliphatic hydroxyl groups is 1. The summed E-state index contributed by atoms with van der Waals surface area (Å²) in [6.45, 7) is 4.19. The smallest absolute Gasteiger partial charge is 0.306 e. The van der Waals surface area contributed by atoms with Crippen LogP contribution in [-0.4, -0.2) is 75.2 Å². The zero-order valence-corrected chi connectivity index (χ0v) is 23.6. The van der Waals surface area contributed by atoms with Gasteiger partial charge in [-0.05, 0) is 42.2 Å². The van der Waals surface area contributed by atoms with Crippen LogP contribution in [0.2, 0.25) is 0 Å². The molecule has 1 saturated carbocycles. The van der Waals surface area contributed by atoms with Crippen LogP contribution in [0.5, 0.6) is 5.75 Å². The standard InChI is InChI=1S/C29H39NO8S/c1-20(2)17-30(39(33,34)25-11-9-23(35-3)10-12-25)18-26(31)22(13-21-7-5-4-6-8-21)14-29(32)38-24-15-27-28(16-24)37-19-36-27/h4-12,20,22,24,26-28,31H,13-19H2,1-3H3/t22-,24?,26-,27-,28?/m1/s1. The number of carbonyl (C=O) groups is 1. The Morgan fingerprint density at radius 1 is 1.03 bits per heavy atom. The number of hydrogen-bond donors (Lipinski definition) is 1. The number of ether oxygens (including phenoxy) is 4. The number of fused-ring (bicyclic) bond motifs is 1. The molecule has 9 nitrogen and oxygen atoms in total. The molecule has 214 valence electrons. The summed E-state index contributed by atoms with van der Waals surface area (Å²) >= 11 is 0. The van der Waals surface area contributed by atoms with Crippen molar-refractivity contribution in [3.63, 3.8) is 0 Å². The molecular weight excluding hydrogens is 522 g/mol. The van der Waals surface area contributed by atoms with Gasteiger partial charge in [-0.1, -0.05) is 44.2 Å². The van der Waals surface area contributed by atoms with Crippen molar-refractivity contribution in [3.8, 4) is 5.75 Å². The van der Waals surface area contributed by atoms with E-state index in [4.69, 9.17) is 18.9 Å². The predicted octanol–water partition coefficient (Wildman–Crippen LogP) is 3.40. The van der Waals surface area contributed by atoms with Crippen LogP contribution in [0, 0.1) is 11.8 Å². The van der Waals surface area contributed by atoms with Crippen LogP contribution in [0.3, 0.4) is 0 Å². The normalized spacial score (nSPS) is 22.6. The lowest BCUT2D eigenvalue weighted by Gasteiger charge is -2.30. The molecule has 2 fully saturated rings. The lowest BCUT2D eigenvalue weighted by molar-refractivity contribution is -0.152. The maximum atomic E-state index is 13.6. The van der Waals surface area contributed by atoms with E-state index in [-0.39, 0.29) is 55.4 Å². The Morgan fingerprint density at radius 3 is 2.26 bits per heavy atom. The van der Waals surface area contributed by atoms with Gasteiger partial charge in [0.05, 0.1) is 36.7 Å². The van der Waals surface area contributed by atoms with E-state index < -0.39 is 28.0 Å². The lowest BCUT2D eigenvalue weighted by Crippen LogP contribution is -2.43. The van der Waals surface area contributed by atoms with Crippen LogP contribution in [0.4, 0.5) is 0 Å². The zero-order chi connectivity index (χ0) is 28.0. The Kier molecular flexibility index (Phi) is 10.0. The number of aliphatic hydroxyl groups excluding tert-OH is 1. The van der Waals surface area contributed by atoms with E-state index in [9.17, 15) is 18.3 Å². The second-order valence-corrected chi connectivity index (χ2v) is 12.7. The van der Waals surface area contributed by atoms with Crippen molar-refractivity contribution < 1.29 is 37.3 Å². The van der Waals surface area contributed by atoms with Gasteiger partial charge in [0.25, 0.3) is 0 Å². The Bertz CT molecular complexity index is 1160. The quantitative estimate of drug-likeness (QED) is 0.371. The van der Waals surface area contributed by atoms with E-state index in [1.165, 1.54) is 23.5 Å². The Labute approximate surface area is 231 Å². The Morgan fingerprint density at radius 2 is 1.67 bits per heavy atom. The molecule has 39 heavy (non-hydrogen) atoms. The number of esters is 1. The van der Waals surface area contributed by atoms with Gasteiger partial charge >= 0.3 is 5.97 Å². The molecule has 5 atom stereocenters. The third-order valence-corrected chi connectivity index (χ3v) is 9.08. The number of nitrogens with zero attached hydrogens (tertiary/aromatic N) is 1. The average Bonchev–Trinajstić information content (AvgIpc) is 3.50. The molecule has 1 aliphatic carbocycles. The van der Waals surface area contributed by atoms with Gasteiger partial charge in [-0.2, -0.15) is 4.31 Å². The van der Waals surface area contributed by atoms with Gasteiger partial charge in [0.15, 0.2) is 0 Å². The van der Waals surface area contributed by atoms with E-state index in [1.54, 1.807) is 12.1 Å². The molecule has 0 radical (unpaired) electrons. The van der Waals surface area contributed by atoms with Crippen molar-refractivity contribution in [1.29, 1.82) is 0 Å². The number of benzene rings is 2. The number of sulfonamides is 1. The molecule has 1 saturated heterocycles. The van der Waals surface area contributed by atoms with Gasteiger partial charge in [0.1, 0.15) is 18.6 Å². The van der Waals surface area contributed by atoms with Crippen LogP contribution >= 0.6 is 0 Å². The van der Waals surface area contributed by atoms with Crippen molar-refractivity contribution in [3.05, 3.63) is 60.2 Å². The van der Waals surface area contributed by atoms with E-state index in [2.05, 4.69) is 0 Å². The zero-order valence-electron chi connectivity index (χ0n) is 22.8. The highest BCUT2D eigenvalue weighted by molar-refractivity contribution is 7.89. The van der Waals surface area contributed by atoms with E-state index in [0.717, 1.165) is 5.56 Å². The summed E-state index contributed by atoms with van der Waals surface area (Å²) < 4.78 is 50.4. The van der Waals surface area contributed by atoms with Crippen LogP contribution in [0.1, 0.15) is 38.7 Å². The minimum Gasteiger partial charge on any atom is -0.497 e. The Balaban J connectivity index is 1.49. The number of methoxy groups -OCH3 is 1. The number of carbonyl (C=O) groups excluding carboxylic acids is 1. The first-order chi connectivity index (χ1) is 18.7. The van der Waals surface area contributed by atoms with E-state index >= 15 is 0 Å². The summed E-state index contributed by atoms with van der Waals surface area (Å²) in [6, 6.07) is 15.7. The first kappa shape index (κ1) is 29.5. The minimum atomic E-state index is -3.90. The molecule has 1 aliphatic heterocycles. The molecule has 1 N–H and O–H groups in total. The molecule has 4 rings (SSSR count). The van der Waals surface area contributed by atoms with Gasteiger partial charge in [-0.15, -0.1) is 0 Å². The van der Waals surface area contributed by atoms with Crippen LogP contribution in [0.15, 0.2) is 59.5 Å². The summed E-state index contributed by atoms with van der Waals surface area (Å²) in [5.41, 5.74) is 0.944. The highest BCUT2D eigenvalue weighted by atomic mass is 32.2. The van der Waals surface area contributed by atoms with Crippen LogP contribution in [0.25, 0.3) is 0 Å². The Hall–Kier alpha value is -2.50. The van der Waals surface area contributed by atoms with Gasteiger partial charge in [0.2, 0.25) is 10.0 Å². The van der Waals surface area contributed by atoms with Crippen molar-refractivity contribution in [2.75, 3.05) is 27.0 Å². The third kappa shape index (κ3) is 7.79. The molecule has 0 bridgehead atoms. The maximum Gasteiger partial charge on any atom is 0.306 e. The van der Waals surface area contributed by atoms with E-state index in [0.29, 0.717) is 25.0 Å². The molecular formula is C29H39NO8S. The first-order valence-corrected chi connectivity index (χ1v) is 14.9. The van der Waals surface area contributed by atoms with Crippen molar-refractivity contribution in [2.45, 2.75) is 68.8 Å². The molecule has 2 aliphatic rings. The fraction of sp³-hybridized carbons (Fsp3) is 0.552.